The number of nitrogens with one attached hydrogen (secondary N) is 1. The lowest BCUT2D eigenvalue weighted by molar-refractivity contribution is -0.114. The summed E-state index contributed by atoms with van der Waals surface area (Å²) >= 11 is 0. The van der Waals surface area contributed by atoms with E-state index < -0.39 is 0 Å². The molecule has 0 saturated heterocycles. The Morgan fingerprint density at radius 1 is 0.968 bits per heavy atom. The van der Waals surface area contributed by atoms with Crippen LogP contribution in [0.5, 0.6) is 0 Å². The Morgan fingerprint density at radius 3 is 2.39 bits per heavy atom. The summed E-state index contributed by atoms with van der Waals surface area (Å²) < 4.78 is 1.85. The van der Waals surface area contributed by atoms with Crippen LogP contribution in [0.25, 0.3) is 16.9 Å². The number of hydrogen-bond donors (Lipinski definition) is 1. The van der Waals surface area contributed by atoms with E-state index in [1.54, 1.807) is 30.5 Å². The Morgan fingerprint density at radius 2 is 1.71 bits per heavy atom. The smallest absolute Gasteiger partial charge is 0.278 e. The summed E-state index contributed by atoms with van der Waals surface area (Å²) in [5.74, 6) is -0.324. The number of carbonyl (C=O) groups excluding carboxylic acids is 2. The molecule has 0 fully saturated rings. The highest BCUT2D eigenvalue weighted by Gasteiger charge is 2.17. The quantitative estimate of drug-likeness (QED) is 0.542. The molecule has 4 aromatic rings. The van der Waals surface area contributed by atoms with Gasteiger partial charge < -0.3 is 10.2 Å². The molecule has 0 atom stereocenters. The minimum absolute atomic E-state index is 0.121. The zero-order valence-corrected chi connectivity index (χ0v) is 17.9. The van der Waals surface area contributed by atoms with Gasteiger partial charge in [0.15, 0.2) is 5.65 Å². The first-order valence-electron chi connectivity index (χ1n) is 9.90. The molecule has 2 aromatic heterocycles. The number of anilines is 2. The lowest BCUT2D eigenvalue weighted by Gasteiger charge is -2.18. The average molecular weight is 413 g/mol. The summed E-state index contributed by atoms with van der Waals surface area (Å²) in [7, 11) is 1.74. The van der Waals surface area contributed by atoms with Gasteiger partial charge in [0.25, 0.3) is 5.91 Å². The average Bonchev–Trinajstić information content (AvgIpc) is 3.18. The number of hydrogen-bond acceptors (Lipinski definition) is 4. The minimum Gasteiger partial charge on any atom is -0.326 e. The molecule has 4 rings (SSSR count). The van der Waals surface area contributed by atoms with Crippen molar-refractivity contribution in [2.24, 2.45) is 0 Å². The van der Waals surface area contributed by atoms with Crippen LogP contribution in [-0.4, -0.2) is 33.2 Å². The zero-order valence-electron chi connectivity index (χ0n) is 17.9. The summed E-state index contributed by atoms with van der Waals surface area (Å²) in [4.78, 5) is 34.6. The second-order valence-electron chi connectivity index (χ2n) is 7.54. The van der Waals surface area contributed by atoms with Crippen molar-refractivity contribution in [2.45, 2.75) is 20.8 Å². The first kappa shape index (κ1) is 20.3. The first-order valence-corrected chi connectivity index (χ1v) is 9.90. The monoisotopic (exact) mass is 413 g/mol. The molecule has 2 amide bonds. The third kappa shape index (κ3) is 4.02. The molecule has 156 valence electrons. The maximum absolute atomic E-state index is 13.1. The van der Waals surface area contributed by atoms with E-state index in [0.717, 1.165) is 28.2 Å². The first-order chi connectivity index (χ1) is 14.8. The van der Waals surface area contributed by atoms with Crippen LogP contribution < -0.4 is 10.2 Å². The van der Waals surface area contributed by atoms with Crippen molar-refractivity contribution in [3.63, 3.8) is 0 Å². The fourth-order valence-corrected chi connectivity index (χ4v) is 3.36. The lowest BCUT2D eigenvalue weighted by atomic mass is 10.1. The van der Waals surface area contributed by atoms with E-state index in [0.29, 0.717) is 11.3 Å². The van der Waals surface area contributed by atoms with E-state index in [2.05, 4.69) is 15.3 Å². The van der Waals surface area contributed by atoms with Crippen molar-refractivity contribution in [3.05, 3.63) is 77.9 Å². The fourth-order valence-electron chi connectivity index (χ4n) is 3.36. The molecule has 0 bridgehead atoms. The Balaban J connectivity index is 1.67. The SMILES string of the molecule is CC(=O)Nc1ccc(-c2cnc3cnc(C(=O)N(C)c4ccc(C)c(C)c4)cn23)cc1. The van der Waals surface area contributed by atoms with Gasteiger partial charge in [0.05, 0.1) is 18.1 Å². The molecular formula is C24H23N5O2. The fraction of sp³-hybridized carbons (Fsp3) is 0.167. The number of rotatable bonds is 4. The Bertz CT molecular complexity index is 1290. The molecule has 2 aromatic carbocycles. The lowest BCUT2D eigenvalue weighted by Crippen LogP contribution is -2.27. The Kier molecular flexibility index (Phi) is 5.25. The molecule has 1 N–H and O–H groups in total. The number of carbonyl (C=O) groups is 2. The number of benzene rings is 2. The van der Waals surface area contributed by atoms with Crippen LogP contribution in [0.2, 0.25) is 0 Å². The second-order valence-corrected chi connectivity index (χ2v) is 7.54. The zero-order chi connectivity index (χ0) is 22.1. The van der Waals surface area contributed by atoms with Crippen LogP contribution in [0.15, 0.2) is 61.1 Å². The number of aryl methyl sites for hydroxylation is 2. The van der Waals surface area contributed by atoms with E-state index in [1.165, 1.54) is 12.5 Å². The van der Waals surface area contributed by atoms with E-state index in [1.807, 2.05) is 60.7 Å². The third-order valence-corrected chi connectivity index (χ3v) is 5.30. The van der Waals surface area contributed by atoms with Crippen LogP contribution in [0.4, 0.5) is 11.4 Å². The van der Waals surface area contributed by atoms with Gasteiger partial charge in [-0.15, -0.1) is 0 Å². The largest absolute Gasteiger partial charge is 0.326 e. The van der Waals surface area contributed by atoms with Gasteiger partial charge in [0.2, 0.25) is 5.91 Å². The van der Waals surface area contributed by atoms with E-state index >= 15 is 0 Å². The molecular weight excluding hydrogens is 390 g/mol. The Hall–Kier alpha value is -4.00. The van der Waals surface area contributed by atoms with Crippen LogP contribution in [-0.2, 0) is 4.79 Å². The predicted octanol–water partition coefficient (Wildman–Crippen LogP) is 4.25. The molecule has 0 aliphatic carbocycles. The highest BCUT2D eigenvalue weighted by atomic mass is 16.2. The van der Waals surface area contributed by atoms with Gasteiger partial charge in [-0.05, 0) is 49.2 Å². The van der Waals surface area contributed by atoms with E-state index in [4.69, 9.17) is 0 Å². The highest BCUT2D eigenvalue weighted by Crippen LogP contribution is 2.24. The maximum atomic E-state index is 13.1. The van der Waals surface area contributed by atoms with Gasteiger partial charge in [-0.1, -0.05) is 18.2 Å². The summed E-state index contributed by atoms with van der Waals surface area (Å²) in [5, 5.41) is 2.75. The number of amides is 2. The van der Waals surface area contributed by atoms with Crippen LogP contribution in [0, 0.1) is 13.8 Å². The van der Waals surface area contributed by atoms with Crippen LogP contribution in [0.3, 0.4) is 0 Å². The van der Waals surface area contributed by atoms with Crippen molar-refractivity contribution in [1.29, 1.82) is 0 Å². The normalized spacial score (nSPS) is 10.8. The Labute approximate surface area is 180 Å². The molecule has 0 saturated carbocycles. The number of imidazole rings is 1. The van der Waals surface area contributed by atoms with Crippen molar-refractivity contribution in [2.75, 3.05) is 17.3 Å². The molecule has 0 spiro atoms. The van der Waals surface area contributed by atoms with Gasteiger partial charge in [-0.2, -0.15) is 0 Å². The predicted molar refractivity (Wildman–Crippen MR) is 121 cm³/mol. The standard InChI is InChI=1S/C24H23N5O2/c1-15-5-10-20(11-16(15)2)28(4)24(31)21-14-29-22(12-26-23(29)13-25-21)18-6-8-19(9-7-18)27-17(3)30/h5-14H,1-4H3,(H,27,30). The van der Waals surface area contributed by atoms with E-state index in [9.17, 15) is 9.59 Å². The molecule has 2 heterocycles. The topological polar surface area (TPSA) is 79.6 Å². The molecule has 7 nitrogen and oxygen atoms in total. The number of aromatic nitrogens is 3. The van der Waals surface area contributed by atoms with Crippen molar-refractivity contribution in [1.82, 2.24) is 14.4 Å². The van der Waals surface area contributed by atoms with Gasteiger partial charge >= 0.3 is 0 Å². The van der Waals surface area contributed by atoms with Gasteiger partial charge in [-0.25, -0.2) is 9.97 Å². The molecule has 31 heavy (non-hydrogen) atoms. The molecule has 0 aliphatic heterocycles. The molecule has 0 aliphatic rings. The highest BCUT2D eigenvalue weighted by molar-refractivity contribution is 6.04. The third-order valence-electron chi connectivity index (χ3n) is 5.30. The maximum Gasteiger partial charge on any atom is 0.278 e. The summed E-state index contributed by atoms with van der Waals surface area (Å²) in [5.41, 5.74) is 6.54. The van der Waals surface area contributed by atoms with Crippen LogP contribution in [0.1, 0.15) is 28.5 Å². The molecule has 7 heteroatoms. The molecule has 0 radical (unpaired) electrons. The van der Waals surface area contributed by atoms with Crippen molar-refractivity contribution in [3.8, 4) is 11.3 Å². The second kappa shape index (κ2) is 8.02. The van der Waals surface area contributed by atoms with Gasteiger partial charge in [0, 0.05) is 37.1 Å². The summed E-state index contributed by atoms with van der Waals surface area (Å²) in [6.45, 7) is 5.54. The van der Waals surface area contributed by atoms with Gasteiger partial charge in [0.1, 0.15) is 5.69 Å². The van der Waals surface area contributed by atoms with Crippen LogP contribution >= 0.6 is 0 Å². The summed E-state index contributed by atoms with van der Waals surface area (Å²) in [6.07, 6.45) is 5.04. The minimum atomic E-state index is -0.203. The molecule has 0 unspecified atom stereocenters. The number of nitrogens with zero attached hydrogens (tertiary/aromatic N) is 4. The summed E-state index contributed by atoms with van der Waals surface area (Å²) in [6, 6.07) is 13.4. The van der Waals surface area contributed by atoms with Gasteiger partial charge in [-0.3, -0.25) is 14.0 Å². The van der Waals surface area contributed by atoms with Crippen molar-refractivity contribution < 1.29 is 9.59 Å². The van der Waals surface area contributed by atoms with E-state index in [-0.39, 0.29) is 11.8 Å². The van der Waals surface area contributed by atoms with Crippen molar-refractivity contribution >= 4 is 28.8 Å². The number of fused-ring (bicyclic) bond motifs is 1.